The lowest BCUT2D eigenvalue weighted by atomic mass is 10.3. The predicted molar refractivity (Wildman–Crippen MR) is 81.7 cm³/mol. The van der Waals surface area contributed by atoms with Gasteiger partial charge in [-0.3, -0.25) is 4.79 Å². The zero-order valence-electron chi connectivity index (χ0n) is 11.0. The second-order valence-electron chi connectivity index (χ2n) is 4.37. The summed E-state index contributed by atoms with van der Waals surface area (Å²) >= 11 is 1.34. The largest absolute Gasteiger partial charge is 0.399 e. The first-order valence-electron chi connectivity index (χ1n) is 6.23. The maximum atomic E-state index is 12.1. The van der Waals surface area contributed by atoms with Crippen molar-refractivity contribution in [3.05, 3.63) is 59.1 Å². The maximum Gasteiger partial charge on any atom is 0.357 e. The molecule has 1 aromatic carbocycles. The monoisotopic (exact) mass is 300 g/mol. The highest BCUT2D eigenvalue weighted by Crippen LogP contribution is 2.19. The zero-order valence-corrected chi connectivity index (χ0v) is 11.8. The number of aromatic nitrogens is 3. The number of carbonyl (C=O) groups excluding carboxylic acids is 1. The van der Waals surface area contributed by atoms with Crippen molar-refractivity contribution >= 4 is 29.0 Å². The van der Waals surface area contributed by atoms with Gasteiger partial charge in [-0.1, -0.05) is 6.07 Å². The number of nitrogens with zero attached hydrogens (tertiary/aromatic N) is 3. The average molecular weight is 300 g/mol. The van der Waals surface area contributed by atoms with Gasteiger partial charge >= 0.3 is 5.69 Å². The van der Waals surface area contributed by atoms with E-state index in [2.05, 4.69) is 5.10 Å². The Morgan fingerprint density at radius 3 is 2.67 bits per heavy atom. The molecule has 21 heavy (non-hydrogen) atoms. The molecule has 0 spiro atoms. The predicted octanol–water partition coefficient (Wildman–Crippen LogP) is 1.51. The summed E-state index contributed by atoms with van der Waals surface area (Å²) in [5, 5.41) is 4.02. The quantitative estimate of drug-likeness (QED) is 0.585. The topological polar surface area (TPSA) is 82.4 Å². The van der Waals surface area contributed by atoms with Crippen LogP contribution in [0.2, 0.25) is 0 Å². The van der Waals surface area contributed by atoms with Crippen LogP contribution in [0.1, 0.15) is 4.79 Å². The van der Waals surface area contributed by atoms with Crippen molar-refractivity contribution in [2.24, 2.45) is 0 Å². The Hall–Kier alpha value is -2.54. The lowest BCUT2D eigenvalue weighted by Crippen LogP contribution is -2.28. The van der Waals surface area contributed by atoms with Gasteiger partial charge in [-0.25, -0.2) is 9.20 Å². The molecule has 0 atom stereocenters. The Balaban J connectivity index is 1.79. The van der Waals surface area contributed by atoms with Gasteiger partial charge in [0.25, 0.3) is 5.91 Å². The van der Waals surface area contributed by atoms with Gasteiger partial charge in [0.2, 0.25) is 0 Å². The van der Waals surface area contributed by atoms with Crippen LogP contribution in [0.15, 0.2) is 58.4 Å². The van der Waals surface area contributed by atoms with Gasteiger partial charge in [-0.05, 0) is 36.4 Å². The van der Waals surface area contributed by atoms with E-state index in [1.165, 1.54) is 16.2 Å². The van der Waals surface area contributed by atoms with Crippen molar-refractivity contribution in [1.82, 2.24) is 14.2 Å². The number of rotatable bonds is 3. The molecule has 2 heterocycles. The fourth-order valence-electron chi connectivity index (χ4n) is 1.86. The number of anilines is 1. The summed E-state index contributed by atoms with van der Waals surface area (Å²) in [5.41, 5.74) is 6.27. The van der Waals surface area contributed by atoms with E-state index in [-0.39, 0.29) is 11.7 Å². The van der Waals surface area contributed by atoms with Crippen molar-refractivity contribution in [1.29, 1.82) is 0 Å². The summed E-state index contributed by atoms with van der Waals surface area (Å²) in [7, 11) is 0. The van der Waals surface area contributed by atoms with Crippen LogP contribution >= 0.6 is 11.8 Å². The van der Waals surface area contributed by atoms with Crippen molar-refractivity contribution < 1.29 is 4.79 Å². The van der Waals surface area contributed by atoms with E-state index < -0.39 is 5.69 Å². The third-order valence-electron chi connectivity index (χ3n) is 2.91. The molecule has 0 aliphatic rings. The molecule has 6 nitrogen and oxygen atoms in total. The number of hydrogen-bond acceptors (Lipinski definition) is 5. The summed E-state index contributed by atoms with van der Waals surface area (Å²) in [6.07, 6.45) is 1.58. The van der Waals surface area contributed by atoms with E-state index >= 15 is 0 Å². The van der Waals surface area contributed by atoms with Crippen LogP contribution in [0, 0.1) is 0 Å². The molecule has 2 N–H and O–H groups in total. The molecule has 3 aromatic rings. The summed E-state index contributed by atoms with van der Waals surface area (Å²) in [4.78, 5) is 25.1. The smallest absolute Gasteiger partial charge is 0.357 e. The van der Waals surface area contributed by atoms with Crippen molar-refractivity contribution in [3.63, 3.8) is 0 Å². The Kier molecular flexibility index (Phi) is 3.49. The van der Waals surface area contributed by atoms with Crippen LogP contribution in [0.4, 0.5) is 5.69 Å². The first-order valence-corrected chi connectivity index (χ1v) is 7.22. The number of pyridine rings is 1. The van der Waals surface area contributed by atoms with Gasteiger partial charge in [0.1, 0.15) is 0 Å². The van der Waals surface area contributed by atoms with Crippen LogP contribution in [-0.4, -0.2) is 25.8 Å². The van der Waals surface area contributed by atoms with E-state index in [9.17, 15) is 9.59 Å². The molecule has 0 fully saturated rings. The first kappa shape index (κ1) is 13.4. The van der Waals surface area contributed by atoms with E-state index in [0.717, 1.165) is 9.58 Å². The number of hydrogen-bond donors (Lipinski definition) is 1. The third kappa shape index (κ3) is 2.68. The Bertz CT molecular complexity index is 851. The second-order valence-corrected chi connectivity index (χ2v) is 5.42. The molecule has 106 valence electrons. The van der Waals surface area contributed by atoms with Crippen molar-refractivity contribution in [3.8, 4) is 0 Å². The van der Waals surface area contributed by atoms with Gasteiger partial charge in [-0.2, -0.15) is 0 Å². The summed E-state index contributed by atoms with van der Waals surface area (Å²) in [5.74, 6) is -0.223. The van der Waals surface area contributed by atoms with E-state index in [4.69, 9.17) is 5.73 Å². The molecule has 0 saturated carbocycles. The molecular weight excluding hydrogens is 288 g/mol. The van der Waals surface area contributed by atoms with Crippen LogP contribution in [-0.2, 0) is 0 Å². The highest BCUT2D eigenvalue weighted by Gasteiger charge is 2.13. The normalized spacial score (nSPS) is 10.9. The number of carbonyl (C=O) groups is 1. The molecule has 3 rings (SSSR count). The molecule has 0 aliphatic heterocycles. The van der Waals surface area contributed by atoms with Crippen molar-refractivity contribution in [2.45, 2.75) is 4.90 Å². The van der Waals surface area contributed by atoms with Crippen LogP contribution < -0.4 is 11.4 Å². The van der Waals surface area contributed by atoms with Gasteiger partial charge in [0.05, 0.1) is 5.75 Å². The SMILES string of the molecule is Nc1ccc(SCC(=O)n2nc3ccccn3c2=O)cc1. The number of benzene rings is 1. The molecular formula is C14H12N4O2S. The minimum Gasteiger partial charge on any atom is -0.399 e. The van der Waals surface area contributed by atoms with Gasteiger partial charge in [-0.15, -0.1) is 21.5 Å². The van der Waals surface area contributed by atoms with E-state index in [1.54, 1.807) is 36.5 Å². The molecule has 0 saturated heterocycles. The van der Waals surface area contributed by atoms with Crippen LogP contribution in [0.3, 0.4) is 0 Å². The molecule has 0 amide bonds. The summed E-state index contributed by atoms with van der Waals surface area (Å²) < 4.78 is 2.24. The molecule has 0 radical (unpaired) electrons. The van der Waals surface area contributed by atoms with Gasteiger partial charge in [0, 0.05) is 16.8 Å². The highest BCUT2D eigenvalue weighted by molar-refractivity contribution is 8.00. The fourth-order valence-corrected chi connectivity index (χ4v) is 2.60. The number of nitrogen functional groups attached to an aromatic ring is 1. The van der Waals surface area contributed by atoms with Gasteiger partial charge in [0.15, 0.2) is 5.65 Å². The first-order chi connectivity index (χ1) is 10.1. The minimum atomic E-state index is -0.450. The Labute approximate surface area is 124 Å². The average Bonchev–Trinajstić information content (AvgIpc) is 2.84. The standard InChI is InChI=1S/C14H12N4O2S/c15-10-4-6-11(7-5-10)21-9-13(19)18-14(20)17-8-2-1-3-12(17)16-18/h1-8H,9,15H2. The number of fused-ring (bicyclic) bond motifs is 1. The van der Waals surface area contributed by atoms with Crippen molar-refractivity contribution in [2.75, 3.05) is 11.5 Å². The lowest BCUT2D eigenvalue weighted by molar-refractivity contribution is 0.0922. The molecule has 2 aromatic heterocycles. The molecule has 7 heteroatoms. The zero-order chi connectivity index (χ0) is 14.8. The maximum absolute atomic E-state index is 12.1. The minimum absolute atomic E-state index is 0.133. The fraction of sp³-hybridized carbons (Fsp3) is 0.0714. The van der Waals surface area contributed by atoms with Crippen LogP contribution in [0.5, 0.6) is 0 Å². The molecule has 0 unspecified atom stereocenters. The van der Waals surface area contributed by atoms with E-state index in [0.29, 0.717) is 11.3 Å². The molecule has 0 aliphatic carbocycles. The lowest BCUT2D eigenvalue weighted by Gasteiger charge is -2.00. The highest BCUT2D eigenvalue weighted by atomic mass is 32.2. The third-order valence-corrected chi connectivity index (χ3v) is 3.90. The van der Waals surface area contributed by atoms with Gasteiger partial charge < -0.3 is 5.73 Å². The summed E-state index contributed by atoms with van der Waals surface area (Å²) in [6.45, 7) is 0. The second kappa shape index (κ2) is 5.45. The van der Waals surface area contributed by atoms with Crippen LogP contribution in [0.25, 0.3) is 5.65 Å². The Morgan fingerprint density at radius 2 is 1.95 bits per heavy atom. The number of thioether (sulfide) groups is 1. The van der Waals surface area contributed by atoms with E-state index in [1.807, 2.05) is 12.1 Å². The molecule has 0 bridgehead atoms. The Morgan fingerprint density at radius 1 is 1.19 bits per heavy atom. The summed E-state index contributed by atoms with van der Waals surface area (Å²) in [6, 6.07) is 12.4. The number of nitrogens with two attached hydrogens (primary N) is 1.